The van der Waals surface area contributed by atoms with Crippen molar-refractivity contribution in [3.05, 3.63) is 89.1 Å². The fourth-order valence-electron chi connectivity index (χ4n) is 4.14. The number of furan rings is 1. The second-order valence-electron chi connectivity index (χ2n) is 9.23. The van der Waals surface area contributed by atoms with Crippen LogP contribution in [-0.2, 0) is 5.41 Å². The molecule has 0 saturated heterocycles. The third-order valence-corrected chi connectivity index (χ3v) is 5.98. The summed E-state index contributed by atoms with van der Waals surface area (Å²) in [5.41, 5.74) is 3.85. The third-order valence-electron chi connectivity index (χ3n) is 5.98. The largest absolute Gasteiger partial charge is 0.455 e. The van der Waals surface area contributed by atoms with Crippen LogP contribution >= 0.6 is 0 Å². The number of fused-ring (bicyclic) bond motifs is 3. The lowest BCUT2D eigenvalue weighted by Gasteiger charge is -2.21. The van der Waals surface area contributed by atoms with Crippen molar-refractivity contribution in [1.29, 1.82) is 5.26 Å². The molecule has 162 valence electrons. The van der Waals surface area contributed by atoms with Crippen LogP contribution < -0.4 is 0 Å². The Hall–Kier alpha value is -3.90. The highest BCUT2D eigenvalue weighted by atomic mass is 16.3. The van der Waals surface area contributed by atoms with Crippen LogP contribution in [0.15, 0.2) is 71.3 Å². The molecule has 0 atom stereocenters. The van der Waals surface area contributed by atoms with Gasteiger partial charge in [0.25, 0.3) is 0 Å². The van der Waals surface area contributed by atoms with Crippen molar-refractivity contribution < 1.29 is 12.6 Å². The van der Waals surface area contributed by atoms with E-state index >= 15 is 0 Å². The monoisotopic (exact) mass is 436 g/mol. The summed E-state index contributed by atoms with van der Waals surface area (Å²) in [5.74, 6) is 0. The Bertz CT molecular complexity index is 1780. The maximum absolute atomic E-state index is 9.29. The molecule has 5 aromatic rings. The van der Waals surface area contributed by atoms with Crippen molar-refractivity contribution in [2.75, 3.05) is 0 Å². The Kier molecular flexibility index (Phi) is 3.46. The molecule has 3 nitrogen and oxygen atoms in total. The molecule has 0 aliphatic rings. The van der Waals surface area contributed by atoms with E-state index in [1.807, 2.05) is 51.1 Å². The first-order valence-corrected chi connectivity index (χ1v) is 10.7. The van der Waals surface area contributed by atoms with Crippen LogP contribution in [-0.4, -0.2) is 4.98 Å². The molecule has 0 aliphatic heterocycles. The molecule has 2 aromatic heterocycles. The maximum atomic E-state index is 9.29. The van der Waals surface area contributed by atoms with Gasteiger partial charge in [-0.3, -0.25) is 4.98 Å². The van der Waals surface area contributed by atoms with Gasteiger partial charge in [0.2, 0.25) is 0 Å². The van der Waals surface area contributed by atoms with Gasteiger partial charge in [0, 0.05) is 30.8 Å². The lowest BCUT2D eigenvalue weighted by molar-refractivity contribution is 0.590. The van der Waals surface area contributed by atoms with Crippen LogP contribution in [0.3, 0.4) is 0 Å². The lowest BCUT2D eigenvalue weighted by Crippen LogP contribution is -2.11. The van der Waals surface area contributed by atoms with E-state index in [9.17, 15) is 5.26 Å². The topological polar surface area (TPSA) is 49.8 Å². The maximum Gasteiger partial charge on any atom is 0.144 e. The molecule has 0 bridgehead atoms. The number of hydrogen-bond acceptors (Lipinski definition) is 3. The third kappa shape index (κ3) is 3.58. The Balaban J connectivity index is 1.79. The van der Waals surface area contributed by atoms with E-state index in [1.54, 1.807) is 30.3 Å². The molecule has 3 heteroatoms. The minimum Gasteiger partial charge on any atom is -0.455 e. The van der Waals surface area contributed by atoms with E-state index in [-0.39, 0.29) is 22.1 Å². The normalized spacial score (nSPS) is 15.2. The summed E-state index contributed by atoms with van der Waals surface area (Å²) in [6, 6.07) is 19.8. The van der Waals surface area contributed by atoms with E-state index in [2.05, 4.69) is 11.1 Å². The van der Waals surface area contributed by atoms with Gasteiger partial charge in [-0.15, -0.1) is 0 Å². The van der Waals surface area contributed by atoms with Gasteiger partial charge >= 0.3 is 0 Å². The minimum absolute atomic E-state index is 0.0318. The van der Waals surface area contributed by atoms with Gasteiger partial charge in [-0.05, 0) is 77.3 Å². The Morgan fingerprint density at radius 3 is 2.48 bits per heavy atom. The summed E-state index contributed by atoms with van der Waals surface area (Å²) >= 11 is 0. The number of aromatic nitrogens is 1. The molecular weight excluding hydrogens is 404 g/mol. The number of benzene rings is 3. The van der Waals surface area contributed by atoms with Gasteiger partial charge in [0.05, 0.1) is 17.3 Å². The van der Waals surface area contributed by atoms with Crippen molar-refractivity contribution in [3.63, 3.8) is 0 Å². The Labute approximate surface area is 202 Å². The molecule has 2 heterocycles. The van der Waals surface area contributed by atoms with Crippen LogP contribution in [0.1, 0.15) is 51.2 Å². The molecule has 0 amide bonds. The zero-order chi connectivity index (χ0) is 28.3. The predicted molar refractivity (Wildman–Crippen MR) is 135 cm³/mol. The van der Waals surface area contributed by atoms with Crippen molar-refractivity contribution in [2.24, 2.45) is 0 Å². The van der Waals surface area contributed by atoms with Crippen LogP contribution in [0.4, 0.5) is 0 Å². The molecule has 33 heavy (non-hydrogen) atoms. The van der Waals surface area contributed by atoms with Crippen LogP contribution in [0, 0.1) is 25.0 Å². The lowest BCUT2D eigenvalue weighted by atomic mass is 9.84. The molecule has 0 spiro atoms. The van der Waals surface area contributed by atoms with Gasteiger partial charge in [-0.2, -0.15) is 5.26 Å². The van der Waals surface area contributed by atoms with Crippen LogP contribution in [0.25, 0.3) is 44.3 Å². The SMILES string of the molecule is [2H]C([2H])([2H])c1cnc(-c2cccc3c2oc2cc(C#N)ccc23)cc1-c1ccc(C(C)(C)C)cc1C([2H])([2H])[2H]. The fourth-order valence-corrected chi connectivity index (χ4v) is 4.14. The highest BCUT2D eigenvalue weighted by Crippen LogP contribution is 2.38. The molecule has 3 aromatic carbocycles. The van der Waals surface area contributed by atoms with Crippen molar-refractivity contribution in [1.82, 2.24) is 4.98 Å². The first-order valence-electron chi connectivity index (χ1n) is 13.7. The van der Waals surface area contributed by atoms with Gasteiger partial charge in [0.15, 0.2) is 0 Å². The van der Waals surface area contributed by atoms with Crippen LogP contribution in [0.2, 0.25) is 0 Å². The minimum atomic E-state index is -2.52. The Morgan fingerprint density at radius 1 is 0.879 bits per heavy atom. The van der Waals surface area contributed by atoms with Crippen molar-refractivity contribution in [3.8, 4) is 28.5 Å². The zero-order valence-electron chi connectivity index (χ0n) is 24.7. The fraction of sp³-hybridized carbons (Fsp3) is 0.200. The number of pyridine rings is 1. The van der Waals surface area contributed by atoms with E-state index in [0.717, 1.165) is 16.3 Å². The van der Waals surface area contributed by atoms with Gasteiger partial charge in [-0.1, -0.05) is 51.1 Å². The highest BCUT2D eigenvalue weighted by Gasteiger charge is 2.17. The molecule has 0 N–H and O–H groups in total. The summed E-state index contributed by atoms with van der Waals surface area (Å²) < 4.78 is 55.4. The van der Waals surface area contributed by atoms with E-state index < -0.39 is 13.7 Å². The van der Waals surface area contributed by atoms with E-state index in [0.29, 0.717) is 33.6 Å². The number of rotatable bonds is 2. The first-order chi connectivity index (χ1) is 18.2. The van der Waals surface area contributed by atoms with E-state index in [4.69, 9.17) is 12.6 Å². The molecular formula is C30H26N2O. The molecule has 0 fully saturated rings. The molecule has 0 saturated carbocycles. The molecule has 0 aliphatic carbocycles. The van der Waals surface area contributed by atoms with Crippen molar-refractivity contribution in [2.45, 2.75) is 39.9 Å². The Morgan fingerprint density at radius 2 is 1.73 bits per heavy atom. The summed E-state index contributed by atoms with van der Waals surface area (Å²) in [4.78, 5) is 4.49. The zero-order valence-corrected chi connectivity index (χ0v) is 18.7. The standard InChI is InChI=1S/C30H26N2O/c1-18-13-21(30(3,4)5)10-12-22(18)26-15-27(32-17-19(26)2)25-8-6-7-24-23-11-9-20(16-31)14-28(23)33-29(24)25/h6-15,17H,1-5H3/i1D3,2D3. The quantitative estimate of drug-likeness (QED) is 0.281. The number of aryl methyl sites for hydroxylation is 2. The number of nitriles is 1. The molecule has 0 radical (unpaired) electrons. The van der Waals surface area contributed by atoms with Gasteiger partial charge in [-0.25, -0.2) is 0 Å². The molecule has 5 rings (SSSR count). The second kappa shape index (κ2) is 7.60. The molecule has 0 unspecified atom stereocenters. The number of para-hydroxylation sites is 1. The van der Waals surface area contributed by atoms with Gasteiger partial charge in [0.1, 0.15) is 11.2 Å². The summed E-state index contributed by atoms with van der Waals surface area (Å²) in [6.45, 7) is 1.00. The smallest absolute Gasteiger partial charge is 0.144 e. The summed E-state index contributed by atoms with van der Waals surface area (Å²) in [7, 11) is 0. The first kappa shape index (κ1) is 15.0. The van der Waals surface area contributed by atoms with Gasteiger partial charge < -0.3 is 4.42 Å². The summed E-state index contributed by atoms with van der Waals surface area (Å²) in [5, 5.41) is 11.0. The summed E-state index contributed by atoms with van der Waals surface area (Å²) in [6.07, 6.45) is 1.30. The average Bonchev–Trinajstić information content (AvgIpc) is 3.24. The van der Waals surface area contributed by atoms with E-state index in [1.165, 1.54) is 6.20 Å². The highest BCUT2D eigenvalue weighted by molar-refractivity contribution is 6.09. The predicted octanol–water partition coefficient (Wildman–Crippen LogP) is 8.10. The number of hydrogen-bond donors (Lipinski definition) is 0. The number of nitrogens with zero attached hydrogens (tertiary/aromatic N) is 2. The van der Waals surface area contributed by atoms with Crippen LogP contribution in [0.5, 0.6) is 0 Å². The second-order valence-corrected chi connectivity index (χ2v) is 9.23. The van der Waals surface area contributed by atoms with Crippen molar-refractivity contribution >= 4 is 21.9 Å². The average molecular weight is 437 g/mol.